The molecular weight excluding hydrogens is 434 g/mol. The molecule has 3 atom stereocenters. The fourth-order valence-corrected chi connectivity index (χ4v) is 4.40. The maximum Gasteiger partial charge on any atom is 0.252 e. The minimum Gasteiger partial charge on any atom is -0.382 e. The van der Waals surface area contributed by atoms with Gasteiger partial charge in [-0.2, -0.15) is 5.26 Å². The van der Waals surface area contributed by atoms with Gasteiger partial charge in [-0.25, -0.2) is 0 Å². The highest BCUT2D eigenvalue weighted by Crippen LogP contribution is 2.28. The van der Waals surface area contributed by atoms with Crippen LogP contribution in [0.3, 0.4) is 0 Å². The van der Waals surface area contributed by atoms with Crippen molar-refractivity contribution in [3.63, 3.8) is 0 Å². The van der Waals surface area contributed by atoms with E-state index in [0.29, 0.717) is 49.2 Å². The lowest BCUT2D eigenvalue weighted by atomic mass is 10.0. The fourth-order valence-electron chi connectivity index (χ4n) is 4.40. The average Bonchev–Trinajstić information content (AvgIpc) is 2.86. The number of aromatic nitrogens is 1. The molecule has 0 bridgehead atoms. The number of anilines is 1. The number of pyridine rings is 1. The third kappa shape index (κ3) is 5.46. The molecule has 0 saturated carbocycles. The standard InChI is InChI=1S/C25H33N5O4/c1-5-18(14-26)29(6-2)24(31)15-28-25(32)20-9-10-27-22-8-7-19(13-21(20)22)30-11-12-34-17(3)23(30)16-33-4/h7-10,13,17-18,23H,5-6,11-12,15-16H2,1-4H3,(H,28,32)/t17?,18?,23-/m1/s1. The predicted molar refractivity (Wildman–Crippen MR) is 130 cm³/mol. The highest BCUT2D eigenvalue weighted by Gasteiger charge is 2.30. The number of hydrogen-bond acceptors (Lipinski definition) is 7. The highest BCUT2D eigenvalue weighted by molar-refractivity contribution is 6.07. The third-order valence-corrected chi connectivity index (χ3v) is 6.27. The van der Waals surface area contributed by atoms with E-state index in [0.717, 1.165) is 5.69 Å². The number of fused-ring (bicyclic) bond motifs is 1. The molecule has 9 nitrogen and oxygen atoms in total. The van der Waals surface area contributed by atoms with Crippen molar-refractivity contribution in [3.8, 4) is 6.07 Å². The lowest BCUT2D eigenvalue weighted by molar-refractivity contribution is -0.131. The molecule has 2 unspecified atom stereocenters. The summed E-state index contributed by atoms with van der Waals surface area (Å²) < 4.78 is 11.2. The van der Waals surface area contributed by atoms with E-state index in [9.17, 15) is 14.9 Å². The minimum atomic E-state index is -0.505. The number of morpholine rings is 1. The van der Waals surface area contributed by atoms with Crippen LogP contribution in [0.1, 0.15) is 37.6 Å². The van der Waals surface area contributed by atoms with Crippen molar-refractivity contribution in [1.29, 1.82) is 5.26 Å². The number of carbonyl (C=O) groups is 2. The Balaban J connectivity index is 1.83. The SMILES string of the molecule is CCC(C#N)N(CC)C(=O)CNC(=O)c1ccnc2ccc(N3CCOC(C)[C@H]3COC)cc12. The second kappa shape index (κ2) is 11.8. The van der Waals surface area contributed by atoms with E-state index in [-0.39, 0.29) is 30.5 Å². The van der Waals surface area contributed by atoms with Crippen LogP contribution in [-0.4, -0.2) is 79.8 Å². The summed E-state index contributed by atoms with van der Waals surface area (Å²) in [6, 6.07) is 9.19. The van der Waals surface area contributed by atoms with Crippen LogP contribution in [-0.2, 0) is 14.3 Å². The topological polar surface area (TPSA) is 108 Å². The Morgan fingerprint density at radius 1 is 1.38 bits per heavy atom. The number of carbonyl (C=O) groups excluding carboxylic acids is 2. The monoisotopic (exact) mass is 467 g/mol. The zero-order valence-electron chi connectivity index (χ0n) is 20.3. The third-order valence-electron chi connectivity index (χ3n) is 6.27. The first-order valence-electron chi connectivity index (χ1n) is 11.7. The zero-order chi connectivity index (χ0) is 24.7. The summed E-state index contributed by atoms with van der Waals surface area (Å²) in [5, 5.41) is 12.7. The summed E-state index contributed by atoms with van der Waals surface area (Å²) >= 11 is 0. The minimum absolute atomic E-state index is 0.00828. The number of likely N-dealkylation sites (N-methyl/N-ethyl adjacent to an activating group) is 1. The molecular formula is C25H33N5O4. The van der Waals surface area contributed by atoms with Gasteiger partial charge < -0.3 is 24.6 Å². The number of hydrogen-bond donors (Lipinski definition) is 1. The van der Waals surface area contributed by atoms with Crippen LogP contribution in [0.4, 0.5) is 5.69 Å². The molecule has 182 valence electrons. The van der Waals surface area contributed by atoms with Crippen LogP contribution in [0.5, 0.6) is 0 Å². The molecule has 1 N–H and O–H groups in total. The number of ether oxygens (including phenoxy) is 2. The number of benzene rings is 1. The second-order valence-electron chi connectivity index (χ2n) is 8.27. The molecule has 3 rings (SSSR count). The number of amides is 2. The van der Waals surface area contributed by atoms with Crippen molar-refractivity contribution in [2.75, 3.05) is 44.9 Å². The molecule has 1 aromatic carbocycles. The summed E-state index contributed by atoms with van der Waals surface area (Å²) in [6.45, 7) is 7.78. The van der Waals surface area contributed by atoms with Crippen LogP contribution in [0.15, 0.2) is 30.5 Å². The summed E-state index contributed by atoms with van der Waals surface area (Å²) in [4.78, 5) is 33.8. The number of methoxy groups -OCH3 is 1. The van der Waals surface area contributed by atoms with Crippen molar-refractivity contribution in [2.45, 2.75) is 45.4 Å². The smallest absolute Gasteiger partial charge is 0.252 e. The predicted octanol–water partition coefficient (Wildman–Crippen LogP) is 2.36. The summed E-state index contributed by atoms with van der Waals surface area (Å²) in [6.07, 6.45) is 2.13. The number of rotatable bonds is 9. The summed E-state index contributed by atoms with van der Waals surface area (Å²) in [7, 11) is 1.67. The molecule has 1 saturated heterocycles. The highest BCUT2D eigenvalue weighted by atomic mass is 16.5. The van der Waals surface area contributed by atoms with E-state index in [1.165, 1.54) is 4.90 Å². The lowest BCUT2D eigenvalue weighted by Gasteiger charge is -2.41. The molecule has 1 fully saturated rings. The Morgan fingerprint density at radius 2 is 2.18 bits per heavy atom. The number of nitrogens with zero attached hydrogens (tertiary/aromatic N) is 4. The fraction of sp³-hybridized carbons (Fsp3) is 0.520. The maximum atomic E-state index is 13.1. The van der Waals surface area contributed by atoms with Gasteiger partial charge in [-0.1, -0.05) is 6.92 Å². The summed E-state index contributed by atoms with van der Waals surface area (Å²) in [5.74, 6) is -0.643. The van der Waals surface area contributed by atoms with E-state index in [2.05, 4.69) is 21.3 Å². The first kappa shape index (κ1) is 25.4. The van der Waals surface area contributed by atoms with Crippen LogP contribution in [0, 0.1) is 11.3 Å². The quantitative estimate of drug-likeness (QED) is 0.603. The largest absolute Gasteiger partial charge is 0.382 e. The van der Waals surface area contributed by atoms with E-state index in [4.69, 9.17) is 9.47 Å². The van der Waals surface area contributed by atoms with Gasteiger partial charge in [-0.3, -0.25) is 14.6 Å². The first-order chi connectivity index (χ1) is 16.4. The molecule has 2 heterocycles. The van der Waals surface area contributed by atoms with Crippen LogP contribution < -0.4 is 10.2 Å². The average molecular weight is 468 g/mol. The Bertz CT molecular complexity index is 1050. The molecule has 0 aliphatic carbocycles. The van der Waals surface area contributed by atoms with Gasteiger partial charge >= 0.3 is 0 Å². The molecule has 0 radical (unpaired) electrons. The maximum absolute atomic E-state index is 13.1. The van der Waals surface area contributed by atoms with E-state index in [1.54, 1.807) is 19.4 Å². The van der Waals surface area contributed by atoms with Crippen molar-refractivity contribution in [3.05, 3.63) is 36.0 Å². The summed E-state index contributed by atoms with van der Waals surface area (Å²) in [5.41, 5.74) is 2.09. The Labute approximate surface area is 200 Å². The molecule has 9 heteroatoms. The zero-order valence-corrected chi connectivity index (χ0v) is 20.3. The van der Waals surface area contributed by atoms with Crippen LogP contribution >= 0.6 is 0 Å². The van der Waals surface area contributed by atoms with Gasteiger partial charge in [0.05, 0.1) is 49.1 Å². The van der Waals surface area contributed by atoms with E-state index in [1.807, 2.05) is 39.0 Å². The molecule has 2 aromatic rings. The lowest BCUT2D eigenvalue weighted by Crippen LogP contribution is -2.52. The van der Waals surface area contributed by atoms with Gasteiger partial charge in [0.25, 0.3) is 5.91 Å². The molecule has 1 aliphatic heterocycles. The van der Waals surface area contributed by atoms with Gasteiger partial charge in [-0.15, -0.1) is 0 Å². The molecule has 0 spiro atoms. The van der Waals surface area contributed by atoms with E-state index < -0.39 is 6.04 Å². The Kier molecular flexibility index (Phi) is 8.79. The Morgan fingerprint density at radius 3 is 2.85 bits per heavy atom. The molecule has 34 heavy (non-hydrogen) atoms. The Hall–Kier alpha value is -3.22. The molecule has 1 aliphatic rings. The van der Waals surface area contributed by atoms with Crippen molar-refractivity contribution in [2.24, 2.45) is 0 Å². The van der Waals surface area contributed by atoms with Gasteiger partial charge in [0, 0.05) is 37.5 Å². The van der Waals surface area contributed by atoms with E-state index >= 15 is 0 Å². The van der Waals surface area contributed by atoms with Gasteiger partial charge in [0.2, 0.25) is 5.91 Å². The van der Waals surface area contributed by atoms with Crippen molar-refractivity contribution >= 4 is 28.4 Å². The van der Waals surface area contributed by atoms with Crippen LogP contribution in [0.25, 0.3) is 10.9 Å². The van der Waals surface area contributed by atoms with Gasteiger partial charge in [0.15, 0.2) is 0 Å². The molecule has 2 amide bonds. The normalized spacial score (nSPS) is 18.9. The van der Waals surface area contributed by atoms with Crippen LogP contribution in [0.2, 0.25) is 0 Å². The number of nitrogens with one attached hydrogen (secondary N) is 1. The molecule has 1 aromatic heterocycles. The second-order valence-corrected chi connectivity index (χ2v) is 8.27. The van der Waals surface area contributed by atoms with Gasteiger partial charge in [0.1, 0.15) is 6.04 Å². The van der Waals surface area contributed by atoms with Crippen molar-refractivity contribution < 1.29 is 19.1 Å². The van der Waals surface area contributed by atoms with Gasteiger partial charge in [-0.05, 0) is 44.5 Å². The first-order valence-corrected chi connectivity index (χ1v) is 11.7. The number of nitriles is 1. The van der Waals surface area contributed by atoms with Crippen molar-refractivity contribution in [1.82, 2.24) is 15.2 Å².